The molecule has 2 aliphatic rings. The normalized spacial score (nSPS) is 29.4. The summed E-state index contributed by atoms with van der Waals surface area (Å²) in [5.74, 6) is 0.172. The van der Waals surface area contributed by atoms with Gasteiger partial charge in [-0.1, -0.05) is 0 Å². The van der Waals surface area contributed by atoms with Crippen LogP contribution in [0.2, 0.25) is 0 Å². The van der Waals surface area contributed by atoms with Crippen molar-refractivity contribution in [2.24, 2.45) is 5.92 Å². The summed E-state index contributed by atoms with van der Waals surface area (Å²) in [5, 5.41) is 8.42. The van der Waals surface area contributed by atoms with E-state index < -0.39 is 25.1 Å². The van der Waals surface area contributed by atoms with E-state index >= 15 is 0 Å². The molecule has 2 heterocycles. The molecule has 2 aliphatic heterocycles. The summed E-state index contributed by atoms with van der Waals surface area (Å²) in [6.07, 6.45) is 2.82. The van der Waals surface area contributed by atoms with Crippen molar-refractivity contribution >= 4 is 19.9 Å². The predicted molar refractivity (Wildman–Crippen MR) is 76.6 cm³/mol. The summed E-state index contributed by atoms with van der Waals surface area (Å²) in [6, 6.07) is 0. The van der Waals surface area contributed by atoms with Gasteiger partial charge < -0.3 is 5.11 Å². The van der Waals surface area contributed by atoms with Crippen LogP contribution < -0.4 is 0 Å². The molecule has 0 amide bonds. The molecular formula is C12H23NO5S2. The van der Waals surface area contributed by atoms with Crippen LogP contribution in [0.15, 0.2) is 0 Å². The van der Waals surface area contributed by atoms with Crippen LogP contribution in [0.1, 0.15) is 32.1 Å². The number of nitrogens with zero attached hydrogens (tertiary/aromatic N) is 1. The van der Waals surface area contributed by atoms with Gasteiger partial charge in [0.05, 0.1) is 16.8 Å². The lowest BCUT2D eigenvalue weighted by Gasteiger charge is -2.35. The summed E-state index contributed by atoms with van der Waals surface area (Å²) in [5.41, 5.74) is 0. The monoisotopic (exact) mass is 325 g/mol. The number of piperidine rings is 1. The van der Waals surface area contributed by atoms with E-state index in [9.17, 15) is 16.8 Å². The van der Waals surface area contributed by atoms with Gasteiger partial charge >= 0.3 is 0 Å². The Morgan fingerprint density at radius 3 is 2.40 bits per heavy atom. The number of hydrogen-bond acceptors (Lipinski definition) is 5. The van der Waals surface area contributed by atoms with Gasteiger partial charge in [0.15, 0.2) is 0 Å². The standard InChI is InChI=1S/C12H23NO5S2/c14-7-3-11-2-1-6-13(10-11)20(17,18)12-4-8-19(15,16)9-5-12/h11-12,14H,1-10H2. The van der Waals surface area contributed by atoms with Crippen molar-refractivity contribution in [3.05, 3.63) is 0 Å². The van der Waals surface area contributed by atoms with Gasteiger partial charge in [0.1, 0.15) is 9.84 Å². The smallest absolute Gasteiger partial charge is 0.217 e. The van der Waals surface area contributed by atoms with Crippen molar-refractivity contribution in [2.45, 2.75) is 37.4 Å². The molecule has 1 atom stereocenters. The van der Waals surface area contributed by atoms with Gasteiger partial charge in [0, 0.05) is 19.7 Å². The van der Waals surface area contributed by atoms with Crippen molar-refractivity contribution in [3.8, 4) is 0 Å². The van der Waals surface area contributed by atoms with E-state index in [1.54, 1.807) is 0 Å². The van der Waals surface area contributed by atoms with Crippen LogP contribution in [-0.2, 0) is 19.9 Å². The maximum atomic E-state index is 12.6. The highest BCUT2D eigenvalue weighted by atomic mass is 32.2. The zero-order valence-electron chi connectivity index (χ0n) is 11.6. The molecule has 0 spiro atoms. The first-order valence-corrected chi connectivity index (χ1v) is 10.5. The highest BCUT2D eigenvalue weighted by molar-refractivity contribution is 7.92. The minimum Gasteiger partial charge on any atom is -0.396 e. The van der Waals surface area contributed by atoms with Gasteiger partial charge in [-0.15, -0.1) is 0 Å². The number of hydrogen-bond donors (Lipinski definition) is 1. The molecular weight excluding hydrogens is 302 g/mol. The maximum absolute atomic E-state index is 12.6. The second kappa shape index (κ2) is 6.29. The zero-order chi connectivity index (χ0) is 14.8. The Morgan fingerprint density at radius 2 is 1.80 bits per heavy atom. The van der Waals surface area contributed by atoms with Crippen LogP contribution in [0, 0.1) is 5.92 Å². The van der Waals surface area contributed by atoms with E-state index in [0.29, 0.717) is 19.5 Å². The summed E-state index contributed by atoms with van der Waals surface area (Å²) in [4.78, 5) is 0. The molecule has 2 saturated heterocycles. The minimum atomic E-state index is -3.40. The lowest BCUT2D eigenvalue weighted by atomic mass is 9.97. The first-order chi connectivity index (χ1) is 9.35. The minimum absolute atomic E-state index is 0.0230. The molecule has 2 fully saturated rings. The number of aliphatic hydroxyl groups is 1. The van der Waals surface area contributed by atoms with E-state index in [1.165, 1.54) is 4.31 Å². The number of aliphatic hydroxyl groups excluding tert-OH is 1. The van der Waals surface area contributed by atoms with Gasteiger partial charge in [-0.3, -0.25) is 0 Å². The summed E-state index contributed by atoms with van der Waals surface area (Å²) < 4.78 is 49.5. The lowest BCUT2D eigenvalue weighted by Crippen LogP contribution is -2.46. The van der Waals surface area contributed by atoms with Crippen molar-refractivity contribution in [2.75, 3.05) is 31.2 Å². The average Bonchev–Trinajstić information content (AvgIpc) is 2.39. The summed E-state index contributed by atoms with van der Waals surface area (Å²) in [6.45, 7) is 1.07. The molecule has 1 N–H and O–H groups in total. The van der Waals surface area contributed by atoms with Crippen molar-refractivity contribution < 1.29 is 21.9 Å². The number of sulfone groups is 1. The van der Waals surface area contributed by atoms with Gasteiger partial charge in [0.2, 0.25) is 10.0 Å². The average molecular weight is 325 g/mol. The summed E-state index contributed by atoms with van der Waals surface area (Å²) >= 11 is 0. The molecule has 1 unspecified atom stereocenters. The topological polar surface area (TPSA) is 91.8 Å². The third kappa shape index (κ3) is 3.72. The Balaban J connectivity index is 2.03. The van der Waals surface area contributed by atoms with E-state index in [1.807, 2.05) is 0 Å². The molecule has 8 heteroatoms. The highest BCUT2D eigenvalue weighted by Gasteiger charge is 2.38. The predicted octanol–water partition coefficient (Wildman–Crippen LogP) is -0.0122. The van der Waals surface area contributed by atoms with Crippen molar-refractivity contribution in [3.63, 3.8) is 0 Å². The van der Waals surface area contributed by atoms with Gasteiger partial charge in [-0.2, -0.15) is 0 Å². The molecule has 0 saturated carbocycles. The Morgan fingerprint density at radius 1 is 1.15 bits per heavy atom. The van der Waals surface area contributed by atoms with Gasteiger partial charge in [-0.25, -0.2) is 21.1 Å². The van der Waals surface area contributed by atoms with Crippen LogP contribution in [0.25, 0.3) is 0 Å². The highest BCUT2D eigenvalue weighted by Crippen LogP contribution is 2.27. The van der Waals surface area contributed by atoms with Gasteiger partial charge in [0.25, 0.3) is 0 Å². The van der Waals surface area contributed by atoms with Crippen LogP contribution in [0.3, 0.4) is 0 Å². The Labute approximate surface area is 121 Å². The van der Waals surface area contributed by atoms with Crippen LogP contribution in [-0.4, -0.2) is 62.7 Å². The largest absolute Gasteiger partial charge is 0.396 e. The molecule has 0 aromatic heterocycles. The number of sulfonamides is 1. The molecule has 118 valence electrons. The van der Waals surface area contributed by atoms with E-state index in [2.05, 4.69) is 0 Å². The van der Waals surface area contributed by atoms with Crippen LogP contribution in [0.4, 0.5) is 0 Å². The van der Waals surface area contributed by atoms with E-state index in [-0.39, 0.29) is 36.9 Å². The Kier molecular flexibility index (Phi) is 5.09. The molecule has 0 aromatic carbocycles. The molecule has 6 nitrogen and oxygen atoms in total. The van der Waals surface area contributed by atoms with Gasteiger partial charge in [-0.05, 0) is 38.0 Å². The third-order valence-corrected chi connectivity index (χ3v) is 8.38. The fourth-order valence-electron chi connectivity index (χ4n) is 3.05. The lowest BCUT2D eigenvalue weighted by molar-refractivity contribution is 0.202. The molecule has 0 bridgehead atoms. The van der Waals surface area contributed by atoms with Crippen molar-refractivity contribution in [1.82, 2.24) is 4.31 Å². The second-order valence-electron chi connectivity index (χ2n) is 5.77. The first-order valence-electron chi connectivity index (χ1n) is 7.15. The van der Waals surface area contributed by atoms with E-state index in [4.69, 9.17) is 5.11 Å². The fraction of sp³-hybridized carbons (Fsp3) is 1.00. The maximum Gasteiger partial charge on any atom is 0.217 e. The van der Waals surface area contributed by atoms with Crippen LogP contribution in [0.5, 0.6) is 0 Å². The molecule has 0 aliphatic carbocycles. The SMILES string of the molecule is O=S1(=O)CCC(S(=O)(=O)N2CCCC(CCO)C2)CC1. The Hall–Kier alpha value is -0.180. The molecule has 0 aromatic rings. The quantitative estimate of drug-likeness (QED) is 0.785. The summed E-state index contributed by atoms with van der Waals surface area (Å²) in [7, 11) is -6.44. The Bertz CT molecular complexity index is 512. The van der Waals surface area contributed by atoms with Crippen LogP contribution >= 0.6 is 0 Å². The number of rotatable bonds is 4. The first kappa shape index (κ1) is 16.2. The fourth-order valence-corrected chi connectivity index (χ4v) is 6.90. The molecule has 20 heavy (non-hydrogen) atoms. The van der Waals surface area contributed by atoms with Crippen molar-refractivity contribution in [1.29, 1.82) is 0 Å². The zero-order valence-corrected chi connectivity index (χ0v) is 13.2. The third-order valence-electron chi connectivity index (χ3n) is 4.30. The molecule has 2 rings (SSSR count). The second-order valence-corrected chi connectivity index (χ2v) is 10.3. The van der Waals surface area contributed by atoms with E-state index in [0.717, 1.165) is 12.8 Å². The molecule has 0 radical (unpaired) electrons.